The molecular formula is C18H28O3. The van der Waals surface area contributed by atoms with E-state index in [-0.39, 0.29) is 0 Å². The fraction of sp³-hybridized carbons (Fsp3) is 0.611. The van der Waals surface area contributed by atoms with Gasteiger partial charge in [-0.2, -0.15) is 0 Å². The van der Waals surface area contributed by atoms with Gasteiger partial charge in [0.1, 0.15) is 11.5 Å². The summed E-state index contributed by atoms with van der Waals surface area (Å²) in [6.07, 6.45) is 18.5. The third-order valence-electron chi connectivity index (χ3n) is 3.45. The van der Waals surface area contributed by atoms with Crippen LogP contribution in [-0.4, -0.2) is 11.1 Å². The second-order valence-corrected chi connectivity index (χ2v) is 5.41. The van der Waals surface area contributed by atoms with E-state index in [0.717, 1.165) is 56.5 Å². The summed E-state index contributed by atoms with van der Waals surface area (Å²) in [7, 11) is 0. The molecule has 3 nitrogen and oxygen atoms in total. The van der Waals surface area contributed by atoms with Crippen molar-refractivity contribution in [3.63, 3.8) is 0 Å². The van der Waals surface area contributed by atoms with Gasteiger partial charge in [-0.05, 0) is 25.7 Å². The largest absolute Gasteiger partial charge is 0.481 e. The molecule has 1 heterocycles. The number of rotatable bonds is 13. The Morgan fingerprint density at radius 1 is 0.952 bits per heavy atom. The molecule has 1 aliphatic rings. The maximum Gasteiger partial charge on any atom is 0.303 e. The first-order valence-corrected chi connectivity index (χ1v) is 8.15. The molecule has 0 fully saturated rings. The molecule has 3 heteroatoms. The minimum Gasteiger partial charge on any atom is -0.481 e. The summed E-state index contributed by atoms with van der Waals surface area (Å²) in [6, 6.07) is 0. The number of aliphatic carboxylic acids is 1. The highest BCUT2D eigenvalue weighted by atomic mass is 16.6. The lowest BCUT2D eigenvalue weighted by Gasteiger charge is -1.97. The van der Waals surface area contributed by atoms with Crippen LogP contribution in [-0.2, 0) is 9.53 Å². The van der Waals surface area contributed by atoms with Crippen molar-refractivity contribution in [2.75, 3.05) is 0 Å². The van der Waals surface area contributed by atoms with Crippen LogP contribution in [0.15, 0.2) is 35.8 Å². The molecule has 1 N–H and O–H groups in total. The van der Waals surface area contributed by atoms with E-state index >= 15 is 0 Å². The topological polar surface area (TPSA) is 49.8 Å². The second-order valence-electron chi connectivity index (χ2n) is 5.41. The zero-order valence-electron chi connectivity index (χ0n) is 13.1. The van der Waals surface area contributed by atoms with E-state index in [2.05, 4.69) is 31.2 Å². The van der Waals surface area contributed by atoms with Crippen LogP contribution in [0.25, 0.3) is 0 Å². The van der Waals surface area contributed by atoms with Crippen molar-refractivity contribution in [3.05, 3.63) is 35.8 Å². The Bertz CT molecular complexity index is 391. The molecule has 0 saturated carbocycles. The number of hydrogen-bond donors (Lipinski definition) is 1. The van der Waals surface area contributed by atoms with Crippen molar-refractivity contribution in [1.29, 1.82) is 0 Å². The van der Waals surface area contributed by atoms with E-state index in [9.17, 15) is 4.79 Å². The summed E-state index contributed by atoms with van der Waals surface area (Å²) >= 11 is 0. The lowest BCUT2D eigenvalue weighted by Crippen LogP contribution is -1.93. The maximum atomic E-state index is 10.3. The Hall–Kier alpha value is -1.51. The first-order chi connectivity index (χ1) is 10.2. The number of carbonyl (C=O) groups is 1. The molecule has 0 aliphatic carbocycles. The zero-order valence-corrected chi connectivity index (χ0v) is 13.1. The highest BCUT2D eigenvalue weighted by Gasteiger charge is 2.21. The molecule has 1 rings (SSSR count). The van der Waals surface area contributed by atoms with Crippen molar-refractivity contribution in [3.8, 4) is 0 Å². The van der Waals surface area contributed by atoms with Crippen LogP contribution in [0.5, 0.6) is 0 Å². The quantitative estimate of drug-likeness (QED) is 0.368. The molecule has 0 bridgehead atoms. The highest BCUT2D eigenvalue weighted by Crippen LogP contribution is 2.32. The van der Waals surface area contributed by atoms with Crippen molar-refractivity contribution < 1.29 is 14.6 Å². The Morgan fingerprint density at radius 3 is 2.24 bits per heavy atom. The van der Waals surface area contributed by atoms with E-state index < -0.39 is 5.97 Å². The maximum absolute atomic E-state index is 10.3. The van der Waals surface area contributed by atoms with E-state index in [1.165, 1.54) is 12.8 Å². The zero-order chi connectivity index (χ0) is 15.3. The van der Waals surface area contributed by atoms with Crippen LogP contribution >= 0.6 is 0 Å². The molecule has 0 aromatic rings. The van der Waals surface area contributed by atoms with Gasteiger partial charge in [0, 0.05) is 19.3 Å². The Labute approximate surface area is 128 Å². The predicted molar refractivity (Wildman–Crippen MR) is 85.9 cm³/mol. The molecule has 118 valence electrons. The van der Waals surface area contributed by atoms with Gasteiger partial charge < -0.3 is 9.84 Å². The van der Waals surface area contributed by atoms with Crippen LogP contribution in [0.1, 0.15) is 71.1 Å². The van der Waals surface area contributed by atoms with Crippen LogP contribution in [0, 0.1) is 0 Å². The van der Waals surface area contributed by atoms with Crippen LogP contribution < -0.4 is 0 Å². The van der Waals surface area contributed by atoms with Crippen LogP contribution in [0.4, 0.5) is 0 Å². The molecule has 0 radical (unpaired) electrons. The molecule has 0 aromatic carbocycles. The molecule has 0 unspecified atom stereocenters. The van der Waals surface area contributed by atoms with E-state index in [1.54, 1.807) is 0 Å². The Morgan fingerprint density at radius 2 is 1.57 bits per heavy atom. The van der Waals surface area contributed by atoms with Gasteiger partial charge in [-0.3, -0.25) is 4.79 Å². The molecule has 0 amide bonds. The fourth-order valence-electron chi connectivity index (χ4n) is 2.17. The lowest BCUT2D eigenvalue weighted by atomic mass is 10.1. The van der Waals surface area contributed by atoms with Crippen LogP contribution in [0.3, 0.4) is 0 Å². The third kappa shape index (κ3) is 9.94. The van der Waals surface area contributed by atoms with Crippen LogP contribution in [0.2, 0.25) is 0 Å². The average Bonchev–Trinajstić information content (AvgIpc) is 3.19. The Balaban J connectivity index is 1.90. The summed E-state index contributed by atoms with van der Waals surface area (Å²) in [6.45, 7) is 2.13. The number of carboxylic acid groups (broad SMARTS) is 1. The van der Waals surface area contributed by atoms with Crippen molar-refractivity contribution in [2.45, 2.75) is 71.1 Å². The Kier molecular flexibility index (Phi) is 9.34. The van der Waals surface area contributed by atoms with Gasteiger partial charge in [0.2, 0.25) is 0 Å². The summed E-state index contributed by atoms with van der Waals surface area (Å²) in [5.41, 5.74) is 0. The van der Waals surface area contributed by atoms with Crippen molar-refractivity contribution in [2.24, 2.45) is 0 Å². The van der Waals surface area contributed by atoms with Gasteiger partial charge in [0.05, 0.1) is 0 Å². The average molecular weight is 292 g/mol. The summed E-state index contributed by atoms with van der Waals surface area (Å²) in [5, 5.41) is 8.52. The molecule has 0 spiro atoms. The molecule has 1 aliphatic heterocycles. The van der Waals surface area contributed by atoms with Gasteiger partial charge in [-0.1, -0.05) is 50.5 Å². The second kappa shape index (κ2) is 11.2. The minimum atomic E-state index is -0.681. The molecule has 0 aromatic heterocycles. The smallest absolute Gasteiger partial charge is 0.303 e. The lowest BCUT2D eigenvalue weighted by molar-refractivity contribution is -0.137. The van der Waals surface area contributed by atoms with E-state index in [1.807, 2.05) is 0 Å². The summed E-state index contributed by atoms with van der Waals surface area (Å²) < 4.78 is 5.44. The third-order valence-corrected chi connectivity index (χ3v) is 3.45. The summed E-state index contributed by atoms with van der Waals surface area (Å²) in [4.78, 5) is 10.3. The number of allylic oxidation sites excluding steroid dienone is 4. The van der Waals surface area contributed by atoms with E-state index in [4.69, 9.17) is 9.84 Å². The molecule has 0 atom stereocenters. The standard InChI is InChI=1S/C18H28O3/c1-2-3-10-13-16-17(21-16)14-11-8-6-4-5-7-9-12-15-18(19)20/h3,8,10-11H,2,4-7,9,12-15H2,1H3,(H,19,20)/b10-3-,11-8-. The van der Waals surface area contributed by atoms with Crippen molar-refractivity contribution in [1.82, 2.24) is 0 Å². The summed E-state index contributed by atoms with van der Waals surface area (Å²) in [5.74, 6) is 1.60. The number of hydrogen-bond acceptors (Lipinski definition) is 2. The van der Waals surface area contributed by atoms with E-state index in [0.29, 0.717) is 6.42 Å². The van der Waals surface area contributed by atoms with Gasteiger partial charge in [0.25, 0.3) is 0 Å². The predicted octanol–water partition coefficient (Wildman–Crippen LogP) is 5.35. The monoisotopic (exact) mass is 292 g/mol. The van der Waals surface area contributed by atoms with Crippen molar-refractivity contribution >= 4 is 5.97 Å². The van der Waals surface area contributed by atoms with Gasteiger partial charge in [0.15, 0.2) is 0 Å². The molecule has 0 saturated heterocycles. The normalized spacial score (nSPS) is 14.1. The molecular weight excluding hydrogens is 264 g/mol. The first kappa shape index (κ1) is 17.5. The highest BCUT2D eigenvalue weighted by molar-refractivity contribution is 5.66. The van der Waals surface area contributed by atoms with Gasteiger partial charge in [-0.15, -0.1) is 0 Å². The first-order valence-electron chi connectivity index (χ1n) is 8.15. The SMILES string of the molecule is CC/C=C\CC1=C(C/C=C\CCCCCCCC(=O)O)O1. The number of ether oxygens (including phenoxy) is 1. The number of unbranched alkanes of at least 4 members (excludes halogenated alkanes) is 5. The van der Waals surface area contributed by atoms with Gasteiger partial charge in [-0.25, -0.2) is 0 Å². The minimum absolute atomic E-state index is 0.310. The number of carboxylic acids is 1. The molecule has 21 heavy (non-hydrogen) atoms. The van der Waals surface area contributed by atoms with Gasteiger partial charge >= 0.3 is 5.97 Å². The fourth-order valence-corrected chi connectivity index (χ4v) is 2.17.